The summed E-state index contributed by atoms with van der Waals surface area (Å²) in [5, 5.41) is 0. The molecule has 1 aliphatic heterocycles. The van der Waals surface area contributed by atoms with Crippen molar-refractivity contribution >= 4 is 17.5 Å². The Bertz CT molecular complexity index is 528. The molecule has 0 spiro atoms. The van der Waals surface area contributed by atoms with Crippen molar-refractivity contribution in [2.45, 2.75) is 12.8 Å². The van der Waals surface area contributed by atoms with Crippen LogP contribution in [0.4, 0.5) is 10.1 Å². The monoisotopic (exact) mass is 262 g/mol. The Morgan fingerprint density at radius 3 is 2.53 bits per heavy atom. The van der Waals surface area contributed by atoms with E-state index in [1.807, 2.05) is 0 Å². The first-order valence-electron chi connectivity index (χ1n) is 6.52. The van der Waals surface area contributed by atoms with E-state index < -0.39 is 17.6 Å². The molecule has 2 fully saturated rings. The number of benzene rings is 1. The summed E-state index contributed by atoms with van der Waals surface area (Å²) in [6.45, 7) is 1.50. The van der Waals surface area contributed by atoms with Gasteiger partial charge in [0.2, 0.25) is 0 Å². The van der Waals surface area contributed by atoms with Crippen LogP contribution in [0.2, 0.25) is 0 Å². The summed E-state index contributed by atoms with van der Waals surface area (Å²) in [7, 11) is 0. The van der Waals surface area contributed by atoms with Crippen LogP contribution in [0.3, 0.4) is 0 Å². The Hall–Kier alpha value is -1.91. The normalized spacial score (nSPS) is 20.1. The molecule has 1 aliphatic carbocycles. The molecule has 1 saturated carbocycles. The maximum atomic E-state index is 13.7. The van der Waals surface area contributed by atoms with E-state index in [-0.39, 0.29) is 5.69 Å². The van der Waals surface area contributed by atoms with Crippen LogP contribution >= 0.6 is 0 Å². The average Bonchev–Trinajstić information content (AvgIpc) is 3.21. The van der Waals surface area contributed by atoms with Gasteiger partial charge in [-0.15, -0.1) is 0 Å². The van der Waals surface area contributed by atoms with Crippen molar-refractivity contribution in [2.75, 3.05) is 24.5 Å². The van der Waals surface area contributed by atoms with Crippen molar-refractivity contribution in [3.63, 3.8) is 0 Å². The number of rotatable bonds is 3. The lowest BCUT2D eigenvalue weighted by Gasteiger charge is -2.33. The predicted octanol–water partition coefficient (Wildman–Crippen LogP) is 1.41. The number of hydrogen-bond donors (Lipinski definition) is 0. The third-order valence-electron chi connectivity index (χ3n) is 3.63. The fourth-order valence-electron chi connectivity index (χ4n) is 2.36. The Kier molecular flexibility index (Phi) is 2.97. The lowest BCUT2D eigenvalue weighted by atomic mass is 10.2. The lowest BCUT2D eigenvalue weighted by molar-refractivity contribution is -0.146. The van der Waals surface area contributed by atoms with Crippen molar-refractivity contribution in [3.05, 3.63) is 30.1 Å². The van der Waals surface area contributed by atoms with Crippen LogP contribution in [0, 0.1) is 11.7 Å². The summed E-state index contributed by atoms with van der Waals surface area (Å²) in [6, 6.07) is 6.04. The van der Waals surface area contributed by atoms with E-state index in [4.69, 9.17) is 0 Å². The van der Waals surface area contributed by atoms with Crippen LogP contribution in [0.25, 0.3) is 0 Å². The first-order valence-corrected chi connectivity index (χ1v) is 6.52. The highest BCUT2D eigenvalue weighted by molar-refractivity contribution is 6.41. The Morgan fingerprint density at radius 1 is 1.11 bits per heavy atom. The number of anilines is 1. The molecule has 0 N–H and O–H groups in total. The minimum atomic E-state index is -0.628. The maximum Gasteiger partial charge on any atom is 0.316 e. The van der Waals surface area contributed by atoms with Crippen molar-refractivity contribution in [3.8, 4) is 0 Å². The minimum Gasteiger partial charge on any atom is -0.332 e. The zero-order chi connectivity index (χ0) is 13.4. The molecule has 0 unspecified atom stereocenters. The van der Waals surface area contributed by atoms with E-state index in [1.54, 1.807) is 17.0 Å². The molecule has 1 aromatic carbocycles. The average molecular weight is 262 g/mol. The minimum absolute atomic E-state index is 0.187. The van der Waals surface area contributed by atoms with Crippen molar-refractivity contribution in [1.29, 1.82) is 0 Å². The van der Waals surface area contributed by atoms with Gasteiger partial charge in [0.1, 0.15) is 5.82 Å². The first-order chi connectivity index (χ1) is 9.16. The molecule has 2 aliphatic rings. The van der Waals surface area contributed by atoms with Crippen LogP contribution < -0.4 is 4.90 Å². The second-order valence-corrected chi connectivity index (χ2v) is 5.10. The van der Waals surface area contributed by atoms with Gasteiger partial charge in [-0.3, -0.25) is 14.5 Å². The highest BCUT2D eigenvalue weighted by Crippen LogP contribution is 2.30. The molecule has 19 heavy (non-hydrogen) atoms. The van der Waals surface area contributed by atoms with Gasteiger partial charge < -0.3 is 4.90 Å². The summed E-state index contributed by atoms with van der Waals surface area (Å²) >= 11 is 0. The van der Waals surface area contributed by atoms with Gasteiger partial charge in [0.15, 0.2) is 0 Å². The second kappa shape index (κ2) is 4.64. The number of carbonyl (C=O) groups is 2. The van der Waals surface area contributed by atoms with Crippen LogP contribution in [-0.4, -0.2) is 36.3 Å². The molecule has 1 saturated heterocycles. The topological polar surface area (TPSA) is 40.6 Å². The first kappa shape index (κ1) is 12.1. The van der Waals surface area contributed by atoms with E-state index >= 15 is 0 Å². The van der Waals surface area contributed by atoms with Gasteiger partial charge in [0.05, 0.1) is 5.69 Å². The van der Waals surface area contributed by atoms with Gasteiger partial charge >= 0.3 is 11.8 Å². The smallest absolute Gasteiger partial charge is 0.316 e. The van der Waals surface area contributed by atoms with E-state index in [2.05, 4.69) is 0 Å². The number of halogens is 1. The number of carbonyl (C=O) groups excluding carboxylic acids is 2. The molecule has 0 radical (unpaired) electrons. The van der Waals surface area contributed by atoms with Gasteiger partial charge in [-0.1, -0.05) is 12.1 Å². The SMILES string of the molecule is O=C1C(=O)N(c2ccccc2F)CCN1CC1CC1. The fraction of sp³-hybridized carbons (Fsp3) is 0.429. The molecule has 0 bridgehead atoms. The second-order valence-electron chi connectivity index (χ2n) is 5.10. The van der Waals surface area contributed by atoms with Crippen LogP contribution in [0.15, 0.2) is 24.3 Å². The number of piperazine rings is 1. The quantitative estimate of drug-likeness (QED) is 0.773. The third kappa shape index (κ3) is 2.32. The molecule has 2 amide bonds. The summed E-state index contributed by atoms with van der Waals surface area (Å²) in [5.41, 5.74) is 0.187. The largest absolute Gasteiger partial charge is 0.332 e. The Labute approximate surface area is 110 Å². The van der Waals surface area contributed by atoms with Crippen molar-refractivity contribution in [2.24, 2.45) is 5.92 Å². The van der Waals surface area contributed by atoms with Crippen LogP contribution in [-0.2, 0) is 9.59 Å². The molecule has 3 rings (SSSR count). The summed E-state index contributed by atoms with van der Waals surface area (Å²) in [6.07, 6.45) is 2.27. The van der Waals surface area contributed by atoms with E-state index in [0.29, 0.717) is 25.6 Å². The van der Waals surface area contributed by atoms with Gasteiger partial charge in [-0.2, -0.15) is 0 Å². The maximum absolute atomic E-state index is 13.7. The molecule has 5 heteroatoms. The van der Waals surface area contributed by atoms with Gasteiger partial charge in [0, 0.05) is 19.6 Å². The highest BCUT2D eigenvalue weighted by Gasteiger charge is 2.36. The molecule has 0 atom stereocenters. The van der Waals surface area contributed by atoms with Crippen LogP contribution in [0.1, 0.15) is 12.8 Å². The van der Waals surface area contributed by atoms with Gasteiger partial charge in [-0.05, 0) is 30.9 Å². The van der Waals surface area contributed by atoms with Gasteiger partial charge in [-0.25, -0.2) is 4.39 Å². The van der Waals surface area contributed by atoms with Crippen molar-refractivity contribution < 1.29 is 14.0 Å². The van der Waals surface area contributed by atoms with Crippen LogP contribution in [0.5, 0.6) is 0 Å². The predicted molar refractivity (Wildman–Crippen MR) is 68.1 cm³/mol. The summed E-state index contributed by atoms with van der Waals surface area (Å²) < 4.78 is 13.7. The number of para-hydroxylation sites is 1. The summed E-state index contributed by atoms with van der Waals surface area (Å²) in [5.74, 6) is -1.06. The zero-order valence-electron chi connectivity index (χ0n) is 10.5. The molecule has 100 valence electrons. The lowest BCUT2D eigenvalue weighted by Crippen LogP contribution is -2.55. The van der Waals surface area contributed by atoms with Gasteiger partial charge in [0.25, 0.3) is 0 Å². The molecular weight excluding hydrogens is 247 g/mol. The molecule has 0 aromatic heterocycles. The molecule has 1 aromatic rings. The zero-order valence-corrected chi connectivity index (χ0v) is 10.5. The number of nitrogens with zero attached hydrogens (tertiary/aromatic N) is 2. The number of hydrogen-bond acceptors (Lipinski definition) is 2. The molecule has 4 nitrogen and oxygen atoms in total. The van der Waals surface area contributed by atoms with E-state index in [9.17, 15) is 14.0 Å². The highest BCUT2D eigenvalue weighted by atomic mass is 19.1. The fourth-order valence-corrected chi connectivity index (χ4v) is 2.36. The van der Waals surface area contributed by atoms with E-state index in [1.165, 1.54) is 17.0 Å². The standard InChI is InChI=1S/C14H15FN2O2/c15-11-3-1-2-4-12(11)17-8-7-16(9-10-5-6-10)13(18)14(17)19/h1-4,10H,5-9H2. The molecule has 1 heterocycles. The summed E-state index contributed by atoms with van der Waals surface area (Å²) in [4.78, 5) is 26.9. The third-order valence-corrected chi connectivity index (χ3v) is 3.63. The Balaban J connectivity index is 1.77. The van der Waals surface area contributed by atoms with E-state index in [0.717, 1.165) is 12.8 Å². The molecular formula is C14H15FN2O2. The Morgan fingerprint density at radius 2 is 1.84 bits per heavy atom. The van der Waals surface area contributed by atoms with Crippen molar-refractivity contribution in [1.82, 2.24) is 4.90 Å². The number of amides is 2.